The molecule has 4 nitrogen and oxygen atoms in total. The summed E-state index contributed by atoms with van der Waals surface area (Å²) in [4.78, 5) is 15.4. The molecule has 88 valence electrons. The standard InChI is InChI=1S/C12H18N2O2/c1-4-16-12(15)10(3)14-9(2)11-6-5-7-13-8-11/h5-10,14H,4H2,1-3H3. The molecule has 1 heterocycles. The molecule has 4 heteroatoms. The van der Waals surface area contributed by atoms with Crippen molar-refractivity contribution in [3.8, 4) is 0 Å². The first-order chi connectivity index (χ1) is 7.65. The fourth-order valence-electron chi connectivity index (χ4n) is 1.44. The number of carbonyl (C=O) groups is 1. The molecular formula is C12H18N2O2. The molecule has 2 atom stereocenters. The Morgan fingerprint density at radius 2 is 2.31 bits per heavy atom. The number of ether oxygens (including phenoxy) is 1. The lowest BCUT2D eigenvalue weighted by molar-refractivity contribution is -0.145. The minimum atomic E-state index is -0.310. The number of hydrogen-bond donors (Lipinski definition) is 1. The molecule has 0 bridgehead atoms. The molecule has 0 saturated heterocycles. The third kappa shape index (κ3) is 3.62. The molecule has 1 rings (SSSR count). The van der Waals surface area contributed by atoms with Gasteiger partial charge in [0, 0.05) is 18.4 Å². The molecule has 16 heavy (non-hydrogen) atoms. The summed E-state index contributed by atoms with van der Waals surface area (Å²) >= 11 is 0. The van der Waals surface area contributed by atoms with Gasteiger partial charge >= 0.3 is 5.97 Å². The molecule has 0 spiro atoms. The van der Waals surface area contributed by atoms with Gasteiger partial charge in [-0.25, -0.2) is 0 Å². The van der Waals surface area contributed by atoms with Crippen LogP contribution in [-0.2, 0) is 9.53 Å². The molecule has 0 aromatic carbocycles. The predicted molar refractivity (Wildman–Crippen MR) is 61.9 cm³/mol. The lowest BCUT2D eigenvalue weighted by Crippen LogP contribution is -2.37. The normalized spacial score (nSPS) is 14.2. The number of aromatic nitrogens is 1. The Hall–Kier alpha value is -1.42. The van der Waals surface area contributed by atoms with Crippen molar-refractivity contribution >= 4 is 5.97 Å². The molecule has 0 fully saturated rings. The fourth-order valence-corrected chi connectivity index (χ4v) is 1.44. The maximum Gasteiger partial charge on any atom is 0.322 e. The summed E-state index contributed by atoms with van der Waals surface area (Å²) in [5, 5.41) is 3.17. The average molecular weight is 222 g/mol. The van der Waals surface area contributed by atoms with E-state index >= 15 is 0 Å². The Morgan fingerprint density at radius 1 is 1.56 bits per heavy atom. The summed E-state index contributed by atoms with van der Waals surface area (Å²) in [5.41, 5.74) is 1.05. The van der Waals surface area contributed by atoms with Crippen molar-refractivity contribution in [2.75, 3.05) is 6.61 Å². The Kier molecular flexibility index (Phi) is 4.92. The first kappa shape index (κ1) is 12.6. The molecule has 0 radical (unpaired) electrons. The van der Waals surface area contributed by atoms with E-state index in [1.54, 1.807) is 26.2 Å². The minimum Gasteiger partial charge on any atom is -0.465 e. The molecule has 2 unspecified atom stereocenters. The number of esters is 1. The second kappa shape index (κ2) is 6.23. The molecule has 0 saturated carbocycles. The van der Waals surface area contributed by atoms with Crippen LogP contribution in [0.1, 0.15) is 32.4 Å². The molecule has 0 aliphatic carbocycles. The topological polar surface area (TPSA) is 51.2 Å². The highest BCUT2D eigenvalue weighted by molar-refractivity contribution is 5.75. The van der Waals surface area contributed by atoms with Crippen LogP contribution in [0.15, 0.2) is 24.5 Å². The summed E-state index contributed by atoms with van der Waals surface area (Å²) in [6.45, 7) is 6.00. The number of pyridine rings is 1. The van der Waals surface area contributed by atoms with Gasteiger partial charge in [-0.3, -0.25) is 15.1 Å². The van der Waals surface area contributed by atoms with E-state index < -0.39 is 0 Å². The molecule has 0 aliphatic heterocycles. The third-order valence-corrected chi connectivity index (χ3v) is 2.32. The number of nitrogens with zero attached hydrogens (tertiary/aromatic N) is 1. The SMILES string of the molecule is CCOC(=O)C(C)NC(C)c1cccnc1. The van der Waals surface area contributed by atoms with E-state index in [4.69, 9.17) is 4.74 Å². The van der Waals surface area contributed by atoms with Crippen LogP contribution in [-0.4, -0.2) is 23.6 Å². The minimum absolute atomic E-state index is 0.0770. The van der Waals surface area contributed by atoms with Crippen LogP contribution in [0, 0.1) is 0 Å². The summed E-state index contributed by atoms with van der Waals surface area (Å²) < 4.78 is 4.92. The maximum absolute atomic E-state index is 11.4. The van der Waals surface area contributed by atoms with Crippen molar-refractivity contribution in [3.63, 3.8) is 0 Å². The van der Waals surface area contributed by atoms with Gasteiger partial charge in [0.05, 0.1) is 6.61 Å². The van der Waals surface area contributed by atoms with Crippen LogP contribution in [0.3, 0.4) is 0 Å². The van der Waals surface area contributed by atoms with Crippen LogP contribution < -0.4 is 5.32 Å². The second-order valence-corrected chi connectivity index (χ2v) is 3.65. The lowest BCUT2D eigenvalue weighted by Gasteiger charge is -2.18. The molecular weight excluding hydrogens is 204 g/mol. The zero-order valence-corrected chi connectivity index (χ0v) is 9.93. The van der Waals surface area contributed by atoms with E-state index in [1.807, 2.05) is 19.1 Å². The third-order valence-electron chi connectivity index (χ3n) is 2.32. The van der Waals surface area contributed by atoms with Crippen molar-refractivity contribution in [1.82, 2.24) is 10.3 Å². The number of rotatable bonds is 5. The van der Waals surface area contributed by atoms with Crippen molar-refractivity contribution in [1.29, 1.82) is 0 Å². The van der Waals surface area contributed by atoms with Crippen LogP contribution in [0.5, 0.6) is 0 Å². The van der Waals surface area contributed by atoms with Gasteiger partial charge < -0.3 is 4.74 Å². The Morgan fingerprint density at radius 3 is 2.88 bits per heavy atom. The van der Waals surface area contributed by atoms with Gasteiger partial charge in [0.15, 0.2) is 0 Å². The molecule has 1 N–H and O–H groups in total. The van der Waals surface area contributed by atoms with Crippen molar-refractivity contribution in [3.05, 3.63) is 30.1 Å². The number of nitrogens with one attached hydrogen (secondary N) is 1. The Labute approximate surface area is 96.0 Å². The van der Waals surface area contributed by atoms with E-state index in [0.29, 0.717) is 6.61 Å². The van der Waals surface area contributed by atoms with E-state index in [1.165, 1.54) is 0 Å². The smallest absolute Gasteiger partial charge is 0.322 e. The van der Waals surface area contributed by atoms with Gasteiger partial charge in [-0.15, -0.1) is 0 Å². The quantitative estimate of drug-likeness (QED) is 0.770. The zero-order valence-electron chi connectivity index (χ0n) is 9.93. The van der Waals surface area contributed by atoms with E-state index in [9.17, 15) is 4.79 Å². The average Bonchev–Trinajstić information content (AvgIpc) is 2.30. The lowest BCUT2D eigenvalue weighted by atomic mass is 10.1. The first-order valence-corrected chi connectivity index (χ1v) is 5.47. The fraction of sp³-hybridized carbons (Fsp3) is 0.500. The second-order valence-electron chi connectivity index (χ2n) is 3.65. The molecule has 0 aliphatic rings. The van der Waals surface area contributed by atoms with Gasteiger partial charge in [0.2, 0.25) is 0 Å². The van der Waals surface area contributed by atoms with E-state index in [-0.39, 0.29) is 18.1 Å². The highest BCUT2D eigenvalue weighted by Gasteiger charge is 2.16. The van der Waals surface area contributed by atoms with Crippen molar-refractivity contribution in [2.24, 2.45) is 0 Å². The highest BCUT2D eigenvalue weighted by Crippen LogP contribution is 2.10. The molecule has 0 amide bonds. The van der Waals surface area contributed by atoms with E-state index in [2.05, 4.69) is 10.3 Å². The van der Waals surface area contributed by atoms with Crippen LogP contribution in [0.4, 0.5) is 0 Å². The van der Waals surface area contributed by atoms with Crippen LogP contribution in [0.25, 0.3) is 0 Å². The van der Waals surface area contributed by atoms with Crippen LogP contribution in [0.2, 0.25) is 0 Å². The van der Waals surface area contributed by atoms with Crippen molar-refractivity contribution < 1.29 is 9.53 Å². The Bertz CT molecular complexity index is 327. The summed E-state index contributed by atoms with van der Waals surface area (Å²) in [7, 11) is 0. The van der Waals surface area contributed by atoms with Crippen LogP contribution >= 0.6 is 0 Å². The monoisotopic (exact) mass is 222 g/mol. The van der Waals surface area contributed by atoms with Gasteiger partial charge in [-0.05, 0) is 32.4 Å². The molecule has 1 aromatic rings. The largest absolute Gasteiger partial charge is 0.465 e. The Balaban J connectivity index is 2.51. The summed E-state index contributed by atoms with van der Waals surface area (Å²) in [5.74, 6) is -0.224. The van der Waals surface area contributed by atoms with Gasteiger partial charge in [-0.1, -0.05) is 6.07 Å². The summed E-state index contributed by atoms with van der Waals surface area (Å²) in [6.07, 6.45) is 3.51. The predicted octanol–water partition coefficient (Wildman–Crippen LogP) is 1.68. The summed E-state index contributed by atoms with van der Waals surface area (Å²) in [6, 6.07) is 3.62. The number of carbonyl (C=O) groups excluding carboxylic acids is 1. The highest BCUT2D eigenvalue weighted by atomic mass is 16.5. The van der Waals surface area contributed by atoms with E-state index in [0.717, 1.165) is 5.56 Å². The van der Waals surface area contributed by atoms with Crippen molar-refractivity contribution in [2.45, 2.75) is 32.9 Å². The molecule has 1 aromatic heterocycles. The maximum atomic E-state index is 11.4. The van der Waals surface area contributed by atoms with Gasteiger partial charge in [0.25, 0.3) is 0 Å². The zero-order chi connectivity index (χ0) is 12.0. The van der Waals surface area contributed by atoms with Gasteiger partial charge in [0.1, 0.15) is 6.04 Å². The first-order valence-electron chi connectivity index (χ1n) is 5.47. The van der Waals surface area contributed by atoms with Gasteiger partial charge in [-0.2, -0.15) is 0 Å². The number of hydrogen-bond acceptors (Lipinski definition) is 4.